The van der Waals surface area contributed by atoms with Gasteiger partial charge in [0.25, 0.3) is 0 Å². The molecule has 0 atom stereocenters. The molecule has 58 valence electrons. The third kappa shape index (κ3) is 1.21. The van der Waals surface area contributed by atoms with E-state index in [-0.39, 0.29) is 0 Å². The van der Waals surface area contributed by atoms with Gasteiger partial charge in [-0.15, -0.1) is 0 Å². The number of H-pyrrole nitrogens is 1. The minimum Gasteiger partial charge on any atom is -0.488 e. The second kappa shape index (κ2) is 2.54. The van der Waals surface area contributed by atoms with E-state index >= 15 is 0 Å². The van der Waals surface area contributed by atoms with Crippen molar-refractivity contribution in [3.63, 3.8) is 0 Å². The van der Waals surface area contributed by atoms with E-state index in [1.165, 1.54) is 0 Å². The zero-order chi connectivity index (χ0) is 7.68. The second-order valence-corrected chi connectivity index (χ2v) is 2.78. The monoisotopic (exact) mass is 168 g/mol. The van der Waals surface area contributed by atoms with Crippen LogP contribution in [0.5, 0.6) is 5.75 Å². The van der Waals surface area contributed by atoms with Gasteiger partial charge in [0.05, 0.1) is 6.54 Å². The van der Waals surface area contributed by atoms with Gasteiger partial charge >= 0.3 is 0 Å². The Hall–Kier alpha value is -1.03. The van der Waals surface area contributed by atoms with E-state index in [2.05, 4.69) is 10.3 Å². The zero-order valence-corrected chi connectivity index (χ0v) is 6.70. The van der Waals surface area contributed by atoms with Gasteiger partial charge in [-0.05, 0) is 12.1 Å². The fourth-order valence-corrected chi connectivity index (χ4v) is 1.22. The Bertz CT molecular complexity index is 320. The van der Waals surface area contributed by atoms with Crippen LogP contribution in [0.1, 0.15) is 0 Å². The molecular formula is C7H8N2OS. The number of rotatable bonds is 0. The quantitative estimate of drug-likeness (QED) is 0.577. The molecule has 4 heteroatoms. The summed E-state index contributed by atoms with van der Waals surface area (Å²) in [5, 5.41) is 3.16. The molecule has 1 aliphatic heterocycles. The molecule has 1 aromatic rings. The third-order valence-corrected chi connectivity index (χ3v) is 1.78. The molecule has 0 amide bonds. The Kier molecular flexibility index (Phi) is 1.54. The van der Waals surface area contributed by atoms with Crippen LogP contribution in [0.4, 0.5) is 5.82 Å². The summed E-state index contributed by atoms with van der Waals surface area (Å²) in [6, 6.07) is 3.70. The van der Waals surface area contributed by atoms with Crippen LogP contribution in [-0.4, -0.2) is 18.1 Å². The van der Waals surface area contributed by atoms with Crippen LogP contribution in [0, 0.1) is 4.64 Å². The zero-order valence-electron chi connectivity index (χ0n) is 5.89. The molecule has 0 aromatic carbocycles. The molecule has 2 heterocycles. The minimum absolute atomic E-state index is 0.720. The number of hydrogen-bond donors (Lipinski definition) is 2. The average molecular weight is 168 g/mol. The van der Waals surface area contributed by atoms with Crippen LogP contribution in [0.25, 0.3) is 0 Å². The molecule has 1 aromatic heterocycles. The third-order valence-electron chi connectivity index (χ3n) is 1.54. The van der Waals surface area contributed by atoms with Crippen molar-refractivity contribution >= 4 is 18.0 Å². The largest absolute Gasteiger partial charge is 0.488 e. The Morgan fingerprint density at radius 3 is 3.27 bits per heavy atom. The van der Waals surface area contributed by atoms with E-state index in [9.17, 15) is 0 Å². The highest BCUT2D eigenvalue weighted by molar-refractivity contribution is 7.71. The Labute approximate surface area is 69.4 Å². The molecule has 0 fully saturated rings. The molecule has 0 saturated carbocycles. The summed E-state index contributed by atoms with van der Waals surface area (Å²) in [7, 11) is 0. The molecule has 0 spiro atoms. The van der Waals surface area contributed by atoms with Crippen molar-refractivity contribution in [2.45, 2.75) is 0 Å². The molecule has 3 nitrogen and oxygen atoms in total. The molecule has 0 unspecified atom stereocenters. The van der Waals surface area contributed by atoms with Gasteiger partial charge < -0.3 is 15.0 Å². The predicted molar refractivity (Wildman–Crippen MR) is 45.6 cm³/mol. The molecule has 0 saturated heterocycles. The van der Waals surface area contributed by atoms with Gasteiger partial charge in [0.15, 0.2) is 5.75 Å². The standard InChI is InChI=1S/C7H8N2OS/c11-6-2-1-5-7(9-6)8-3-4-10-5/h1-2H,3-4H2,(H2,8,9,11). The van der Waals surface area contributed by atoms with E-state index < -0.39 is 0 Å². The minimum atomic E-state index is 0.720. The first-order chi connectivity index (χ1) is 5.36. The van der Waals surface area contributed by atoms with Crippen LogP contribution >= 0.6 is 12.2 Å². The molecule has 2 N–H and O–H groups in total. The fraction of sp³-hybridized carbons (Fsp3) is 0.286. The number of aromatic amines is 1. The number of nitrogens with one attached hydrogen (secondary N) is 2. The van der Waals surface area contributed by atoms with Gasteiger partial charge in [-0.3, -0.25) is 0 Å². The van der Waals surface area contributed by atoms with Crippen molar-refractivity contribution < 1.29 is 4.74 Å². The van der Waals surface area contributed by atoms with Gasteiger partial charge in [-0.1, -0.05) is 12.2 Å². The molecule has 2 rings (SSSR count). The summed E-state index contributed by atoms with van der Waals surface area (Å²) >= 11 is 4.95. The first-order valence-corrected chi connectivity index (χ1v) is 3.87. The molecular weight excluding hydrogens is 160 g/mol. The average Bonchev–Trinajstić information content (AvgIpc) is 2.04. The lowest BCUT2D eigenvalue weighted by Gasteiger charge is -2.17. The fourth-order valence-electron chi connectivity index (χ4n) is 1.05. The van der Waals surface area contributed by atoms with Crippen LogP contribution < -0.4 is 10.1 Å². The highest BCUT2D eigenvalue weighted by atomic mass is 32.1. The summed E-state index contributed by atoms with van der Waals surface area (Å²) in [6.45, 7) is 1.56. The smallest absolute Gasteiger partial charge is 0.159 e. The van der Waals surface area contributed by atoms with Crippen molar-refractivity contribution in [1.29, 1.82) is 0 Å². The molecule has 0 radical (unpaired) electrons. The summed E-state index contributed by atoms with van der Waals surface area (Å²) in [6.07, 6.45) is 0. The lowest BCUT2D eigenvalue weighted by molar-refractivity contribution is 0.321. The number of hydrogen-bond acceptors (Lipinski definition) is 3. The van der Waals surface area contributed by atoms with Crippen LogP contribution in [0.2, 0.25) is 0 Å². The summed E-state index contributed by atoms with van der Waals surface area (Å²) in [5.41, 5.74) is 0. The number of anilines is 1. The summed E-state index contributed by atoms with van der Waals surface area (Å²) in [5.74, 6) is 1.74. The Balaban J connectivity index is 2.51. The summed E-state index contributed by atoms with van der Waals surface area (Å²) in [4.78, 5) is 3.01. The first-order valence-electron chi connectivity index (χ1n) is 3.46. The van der Waals surface area contributed by atoms with E-state index in [1.807, 2.05) is 12.1 Å². The molecule has 1 aliphatic rings. The SMILES string of the molecule is S=c1ccc2c([nH]1)NCCO2. The topological polar surface area (TPSA) is 37.0 Å². The van der Waals surface area contributed by atoms with Gasteiger partial charge in [0.2, 0.25) is 0 Å². The maximum absolute atomic E-state index is 5.34. The Morgan fingerprint density at radius 1 is 1.45 bits per heavy atom. The predicted octanol–water partition coefficient (Wildman–Crippen LogP) is 1.55. The number of fused-ring (bicyclic) bond motifs is 1. The lowest BCUT2D eigenvalue weighted by Crippen LogP contribution is -2.18. The van der Waals surface area contributed by atoms with Gasteiger partial charge in [-0.25, -0.2) is 0 Å². The lowest BCUT2D eigenvalue weighted by atomic mass is 10.4. The van der Waals surface area contributed by atoms with Crippen molar-refractivity contribution in [2.75, 3.05) is 18.5 Å². The van der Waals surface area contributed by atoms with Gasteiger partial charge in [0.1, 0.15) is 17.1 Å². The van der Waals surface area contributed by atoms with E-state index in [4.69, 9.17) is 17.0 Å². The summed E-state index contributed by atoms with van der Waals surface area (Å²) < 4.78 is 6.06. The van der Waals surface area contributed by atoms with Gasteiger partial charge in [0, 0.05) is 0 Å². The number of ether oxygens (including phenoxy) is 1. The highest BCUT2D eigenvalue weighted by Gasteiger charge is 2.07. The maximum Gasteiger partial charge on any atom is 0.159 e. The number of aromatic nitrogens is 1. The second-order valence-electron chi connectivity index (χ2n) is 2.34. The normalized spacial score (nSPS) is 14.5. The number of pyridine rings is 1. The molecule has 0 bridgehead atoms. The molecule has 0 aliphatic carbocycles. The van der Waals surface area contributed by atoms with Crippen LogP contribution in [0.3, 0.4) is 0 Å². The Morgan fingerprint density at radius 2 is 2.36 bits per heavy atom. The van der Waals surface area contributed by atoms with Crippen LogP contribution in [-0.2, 0) is 0 Å². The van der Waals surface area contributed by atoms with E-state index in [1.54, 1.807) is 0 Å². The highest BCUT2D eigenvalue weighted by Crippen LogP contribution is 2.23. The maximum atomic E-state index is 5.34. The molecule has 11 heavy (non-hydrogen) atoms. The van der Waals surface area contributed by atoms with Crippen molar-refractivity contribution in [2.24, 2.45) is 0 Å². The first kappa shape index (κ1) is 6.67. The van der Waals surface area contributed by atoms with Crippen molar-refractivity contribution in [3.05, 3.63) is 16.8 Å². The van der Waals surface area contributed by atoms with Crippen molar-refractivity contribution in [1.82, 2.24) is 4.98 Å². The van der Waals surface area contributed by atoms with E-state index in [0.717, 1.165) is 29.4 Å². The van der Waals surface area contributed by atoms with E-state index in [0.29, 0.717) is 0 Å². The van der Waals surface area contributed by atoms with Crippen molar-refractivity contribution in [3.8, 4) is 5.75 Å². The van der Waals surface area contributed by atoms with Gasteiger partial charge in [-0.2, -0.15) is 0 Å². The van der Waals surface area contributed by atoms with Crippen LogP contribution in [0.15, 0.2) is 12.1 Å².